The molecular weight excluding hydrogens is 232 g/mol. The first-order valence-electron chi connectivity index (χ1n) is 5.81. The van der Waals surface area contributed by atoms with Crippen molar-refractivity contribution in [2.24, 2.45) is 5.73 Å². The van der Waals surface area contributed by atoms with Gasteiger partial charge in [0.2, 0.25) is 0 Å². The number of morpholine rings is 1. The number of amides is 2. The Hall–Kier alpha value is -1.72. The van der Waals surface area contributed by atoms with Crippen LogP contribution in [0.25, 0.3) is 0 Å². The van der Waals surface area contributed by atoms with Gasteiger partial charge in [-0.25, -0.2) is 0 Å². The lowest BCUT2D eigenvalue weighted by atomic mass is 10.1. The summed E-state index contributed by atoms with van der Waals surface area (Å²) < 4.78 is 4.85. The first-order chi connectivity index (χ1) is 8.58. The maximum absolute atomic E-state index is 11.6. The second-order valence-corrected chi connectivity index (χ2v) is 4.41. The van der Waals surface area contributed by atoms with Crippen molar-refractivity contribution < 1.29 is 14.3 Å². The normalized spacial score (nSPS) is 18.0. The molecular formula is C13H16N2O3. The quantitative estimate of drug-likeness (QED) is 0.785. The van der Waals surface area contributed by atoms with E-state index in [-0.39, 0.29) is 37.6 Å². The lowest BCUT2D eigenvalue weighted by Gasteiger charge is -2.27. The number of aryl methyl sites for hydroxylation is 1. The molecule has 1 aliphatic heterocycles. The average molecular weight is 248 g/mol. The van der Waals surface area contributed by atoms with E-state index in [2.05, 4.69) is 0 Å². The minimum Gasteiger partial charge on any atom is -0.362 e. The molecule has 1 aliphatic rings. The molecule has 2 N–H and O–H groups in total. The van der Waals surface area contributed by atoms with E-state index in [1.807, 2.05) is 31.2 Å². The molecule has 5 heteroatoms. The van der Waals surface area contributed by atoms with Crippen LogP contribution in [0.4, 0.5) is 0 Å². The number of nitrogens with two attached hydrogens (primary N) is 1. The Kier molecular flexibility index (Phi) is 3.74. The monoisotopic (exact) mass is 248 g/mol. The Balaban J connectivity index is 2.06. The third kappa shape index (κ3) is 2.75. The summed E-state index contributed by atoms with van der Waals surface area (Å²) in [5.41, 5.74) is 8.07. The van der Waals surface area contributed by atoms with E-state index >= 15 is 0 Å². The molecule has 1 fully saturated rings. The molecule has 0 saturated carbocycles. The highest BCUT2D eigenvalue weighted by atomic mass is 16.5. The van der Waals surface area contributed by atoms with E-state index in [4.69, 9.17) is 10.5 Å². The summed E-state index contributed by atoms with van der Waals surface area (Å²) in [7, 11) is 0. The third-order valence-electron chi connectivity index (χ3n) is 2.94. The highest BCUT2D eigenvalue weighted by molar-refractivity contribution is 5.98. The fourth-order valence-corrected chi connectivity index (χ4v) is 1.84. The Morgan fingerprint density at radius 2 is 1.78 bits per heavy atom. The van der Waals surface area contributed by atoms with Crippen molar-refractivity contribution in [3.05, 3.63) is 35.4 Å². The molecule has 2 amide bonds. The van der Waals surface area contributed by atoms with Crippen molar-refractivity contribution >= 4 is 11.8 Å². The highest BCUT2D eigenvalue weighted by Crippen LogP contribution is 2.14. The lowest BCUT2D eigenvalue weighted by molar-refractivity contribution is -0.158. The van der Waals surface area contributed by atoms with Crippen LogP contribution >= 0.6 is 0 Å². The zero-order valence-corrected chi connectivity index (χ0v) is 10.3. The van der Waals surface area contributed by atoms with E-state index in [1.54, 1.807) is 0 Å². The molecule has 0 radical (unpaired) electrons. The minimum absolute atomic E-state index is 0.0492. The van der Waals surface area contributed by atoms with Crippen LogP contribution in [0.3, 0.4) is 0 Å². The zero-order chi connectivity index (χ0) is 13.1. The van der Waals surface area contributed by atoms with Gasteiger partial charge in [-0.05, 0) is 12.5 Å². The molecule has 1 unspecified atom stereocenters. The van der Waals surface area contributed by atoms with E-state index in [0.29, 0.717) is 0 Å². The summed E-state index contributed by atoms with van der Waals surface area (Å²) >= 11 is 0. The van der Waals surface area contributed by atoms with Gasteiger partial charge in [-0.2, -0.15) is 0 Å². The van der Waals surface area contributed by atoms with E-state index in [1.165, 1.54) is 4.90 Å². The fourth-order valence-electron chi connectivity index (χ4n) is 1.84. The topological polar surface area (TPSA) is 72.6 Å². The van der Waals surface area contributed by atoms with Gasteiger partial charge >= 0.3 is 0 Å². The predicted molar refractivity (Wildman–Crippen MR) is 65.6 cm³/mol. The van der Waals surface area contributed by atoms with Crippen LogP contribution in [-0.4, -0.2) is 36.5 Å². The number of imide groups is 1. The lowest BCUT2D eigenvalue weighted by Crippen LogP contribution is -2.48. The summed E-state index contributed by atoms with van der Waals surface area (Å²) in [6.07, 6.45) is 0. The van der Waals surface area contributed by atoms with Gasteiger partial charge in [0, 0.05) is 12.6 Å². The number of hydrogen-bond donors (Lipinski definition) is 1. The fraction of sp³-hybridized carbons (Fsp3) is 0.385. The van der Waals surface area contributed by atoms with Crippen LogP contribution in [0.15, 0.2) is 24.3 Å². The predicted octanol–water partition coefficient (Wildman–Crippen LogP) is 0.380. The zero-order valence-electron chi connectivity index (χ0n) is 10.3. The summed E-state index contributed by atoms with van der Waals surface area (Å²) in [5.74, 6) is -0.650. The van der Waals surface area contributed by atoms with Gasteiger partial charge in [0.25, 0.3) is 11.8 Å². The standard InChI is InChI=1S/C13H16N2O3/c1-9-2-4-10(5-3-9)11(14)6-15-12(16)7-18-8-13(15)17/h2-5,11H,6-8,14H2,1H3. The number of benzene rings is 1. The van der Waals surface area contributed by atoms with Crippen LogP contribution in [-0.2, 0) is 14.3 Å². The number of hydrogen-bond acceptors (Lipinski definition) is 4. The first kappa shape index (κ1) is 12.7. The summed E-state index contributed by atoms with van der Waals surface area (Å²) in [6.45, 7) is 2.09. The smallest absolute Gasteiger partial charge is 0.255 e. The molecule has 96 valence electrons. The molecule has 1 aromatic carbocycles. The number of ether oxygens (including phenoxy) is 1. The maximum atomic E-state index is 11.6. The van der Waals surface area contributed by atoms with Crippen LogP contribution < -0.4 is 5.73 Å². The first-order valence-corrected chi connectivity index (χ1v) is 5.81. The Morgan fingerprint density at radius 3 is 2.33 bits per heavy atom. The van der Waals surface area contributed by atoms with Crippen molar-refractivity contribution in [2.45, 2.75) is 13.0 Å². The van der Waals surface area contributed by atoms with Gasteiger partial charge in [0.1, 0.15) is 13.2 Å². The van der Waals surface area contributed by atoms with Crippen molar-refractivity contribution in [2.75, 3.05) is 19.8 Å². The van der Waals surface area contributed by atoms with E-state index in [9.17, 15) is 9.59 Å². The van der Waals surface area contributed by atoms with Crippen LogP contribution in [0.1, 0.15) is 17.2 Å². The molecule has 0 aliphatic carbocycles. The number of carbonyl (C=O) groups is 2. The van der Waals surface area contributed by atoms with E-state index < -0.39 is 0 Å². The molecule has 1 atom stereocenters. The summed E-state index contributed by atoms with van der Waals surface area (Å²) in [4.78, 5) is 24.3. The van der Waals surface area contributed by atoms with Crippen LogP contribution in [0.5, 0.6) is 0 Å². The van der Waals surface area contributed by atoms with Gasteiger partial charge in [-0.1, -0.05) is 29.8 Å². The Labute approximate surface area is 106 Å². The molecule has 0 spiro atoms. The Morgan fingerprint density at radius 1 is 1.22 bits per heavy atom. The van der Waals surface area contributed by atoms with Crippen molar-refractivity contribution in [3.63, 3.8) is 0 Å². The average Bonchev–Trinajstić information content (AvgIpc) is 2.34. The summed E-state index contributed by atoms with van der Waals surface area (Å²) in [5, 5.41) is 0. The Bertz CT molecular complexity index is 440. The largest absolute Gasteiger partial charge is 0.362 e. The number of carbonyl (C=O) groups excluding carboxylic acids is 2. The molecule has 1 heterocycles. The second kappa shape index (κ2) is 5.29. The molecule has 0 aromatic heterocycles. The molecule has 2 rings (SSSR count). The van der Waals surface area contributed by atoms with Crippen molar-refractivity contribution in [1.82, 2.24) is 4.90 Å². The molecule has 1 saturated heterocycles. The van der Waals surface area contributed by atoms with Crippen LogP contribution in [0.2, 0.25) is 0 Å². The highest BCUT2D eigenvalue weighted by Gasteiger charge is 2.28. The van der Waals surface area contributed by atoms with Gasteiger partial charge < -0.3 is 10.5 Å². The molecule has 18 heavy (non-hydrogen) atoms. The molecule has 0 bridgehead atoms. The molecule has 5 nitrogen and oxygen atoms in total. The van der Waals surface area contributed by atoms with Gasteiger partial charge in [0.15, 0.2) is 0 Å². The van der Waals surface area contributed by atoms with Gasteiger partial charge in [-0.3, -0.25) is 14.5 Å². The van der Waals surface area contributed by atoms with Crippen LogP contribution in [0, 0.1) is 6.92 Å². The minimum atomic E-state index is -0.364. The van der Waals surface area contributed by atoms with Crippen molar-refractivity contribution in [1.29, 1.82) is 0 Å². The van der Waals surface area contributed by atoms with E-state index in [0.717, 1.165) is 11.1 Å². The SMILES string of the molecule is Cc1ccc(C(N)CN2C(=O)COCC2=O)cc1. The van der Waals surface area contributed by atoms with Crippen molar-refractivity contribution in [3.8, 4) is 0 Å². The van der Waals surface area contributed by atoms with Gasteiger partial charge in [0.05, 0.1) is 0 Å². The molecule has 1 aromatic rings. The number of rotatable bonds is 3. The second-order valence-electron chi connectivity index (χ2n) is 4.41. The van der Waals surface area contributed by atoms with Gasteiger partial charge in [-0.15, -0.1) is 0 Å². The number of nitrogens with zero attached hydrogens (tertiary/aromatic N) is 1. The third-order valence-corrected chi connectivity index (χ3v) is 2.94. The summed E-state index contributed by atoms with van der Waals surface area (Å²) in [6, 6.07) is 7.37. The maximum Gasteiger partial charge on any atom is 0.255 e.